The summed E-state index contributed by atoms with van der Waals surface area (Å²) in [4.78, 5) is -1.29. The van der Waals surface area contributed by atoms with Gasteiger partial charge in [0, 0.05) is 0 Å². The van der Waals surface area contributed by atoms with Gasteiger partial charge in [-0.1, -0.05) is 82.9 Å². The molecule has 2 N–H and O–H groups in total. The molecule has 0 radical (unpaired) electrons. The average Bonchev–Trinajstić information content (AvgIpc) is 2.75. The molecule has 0 aliphatic rings. The minimum atomic E-state index is -4.81. The van der Waals surface area contributed by atoms with Crippen LogP contribution in [-0.2, 0) is 26.7 Å². The Kier molecular flexibility index (Phi) is 10.8. The van der Waals surface area contributed by atoms with E-state index in [2.05, 4.69) is 6.92 Å². The summed E-state index contributed by atoms with van der Waals surface area (Å²) in [5.74, 6) is 0.207. The molecule has 0 amide bonds. The maximum Gasteiger partial charge on any atom is 0.298 e. The Balaban J connectivity index is 2.15. The van der Waals surface area contributed by atoms with Gasteiger partial charge >= 0.3 is 0 Å². The van der Waals surface area contributed by atoms with E-state index in [9.17, 15) is 25.9 Å². The Morgan fingerprint density at radius 1 is 0.727 bits per heavy atom. The van der Waals surface area contributed by atoms with Crippen molar-refractivity contribution in [1.29, 1.82) is 0 Å². The van der Waals surface area contributed by atoms with E-state index >= 15 is 0 Å². The second-order valence-electron chi connectivity index (χ2n) is 8.21. The molecule has 0 bridgehead atoms. The molecule has 0 saturated heterocycles. The number of rotatable bonds is 15. The van der Waals surface area contributed by atoms with E-state index in [1.54, 1.807) is 30.3 Å². The summed E-state index contributed by atoms with van der Waals surface area (Å²) in [5.41, 5.74) is 0.293. The largest absolute Gasteiger partial charge is 0.456 e. The van der Waals surface area contributed by atoms with Crippen LogP contribution in [0.25, 0.3) is 0 Å². The molecule has 0 aromatic heterocycles. The molecule has 2 rings (SSSR count). The summed E-state index contributed by atoms with van der Waals surface area (Å²) in [6, 6.07) is 10.3. The van der Waals surface area contributed by atoms with Gasteiger partial charge in [-0.15, -0.1) is 0 Å². The highest BCUT2D eigenvalue weighted by molar-refractivity contribution is 7.86. The second kappa shape index (κ2) is 13.1. The van der Waals surface area contributed by atoms with E-state index in [-0.39, 0.29) is 5.75 Å². The van der Waals surface area contributed by atoms with Crippen LogP contribution in [0.4, 0.5) is 0 Å². The van der Waals surface area contributed by atoms with Gasteiger partial charge in [-0.3, -0.25) is 9.11 Å². The van der Waals surface area contributed by atoms with Gasteiger partial charge in [0.15, 0.2) is 5.75 Å². The summed E-state index contributed by atoms with van der Waals surface area (Å²) >= 11 is 0. The molecular weight excluding hydrogens is 464 g/mol. The topological polar surface area (TPSA) is 118 Å². The van der Waals surface area contributed by atoms with Crippen LogP contribution in [0, 0.1) is 0 Å². The van der Waals surface area contributed by atoms with Crippen molar-refractivity contribution in [3.8, 4) is 11.5 Å². The van der Waals surface area contributed by atoms with E-state index < -0.39 is 30.0 Å². The molecule has 184 valence electrons. The summed E-state index contributed by atoms with van der Waals surface area (Å²) in [7, 11) is -9.49. The summed E-state index contributed by atoms with van der Waals surface area (Å²) < 4.78 is 72.4. The number of benzene rings is 2. The standard InChI is InChI=1S/C24H34O7S2/c1-2-3-4-5-6-7-8-9-10-12-15-20-18-22(32(25,26)27)19-23(33(28,29)30)24(20)31-21-16-13-11-14-17-21/h11,13-14,16-19H,2-10,12,15H2,1H3,(H,25,26,27)(H,28,29,30). The molecule has 7 nitrogen and oxygen atoms in total. The van der Waals surface area contributed by atoms with E-state index in [0.29, 0.717) is 30.2 Å². The molecule has 0 heterocycles. The highest BCUT2D eigenvalue weighted by Crippen LogP contribution is 2.36. The van der Waals surface area contributed by atoms with Crippen molar-refractivity contribution >= 4 is 20.2 Å². The number of hydrogen-bond acceptors (Lipinski definition) is 5. The van der Waals surface area contributed by atoms with Crippen molar-refractivity contribution < 1.29 is 30.7 Å². The smallest absolute Gasteiger partial charge is 0.298 e. The number of para-hydroxylation sites is 1. The first kappa shape index (κ1) is 27.3. The summed E-state index contributed by atoms with van der Waals surface area (Å²) in [6.45, 7) is 2.20. The molecule has 33 heavy (non-hydrogen) atoms. The zero-order chi connectivity index (χ0) is 24.3. The molecule has 0 saturated carbocycles. The van der Waals surface area contributed by atoms with Gasteiger partial charge in [-0.25, -0.2) is 0 Å². The Morgan fingerprint density at radius 2 is 1.27 bits per heavy atom. The molecule has 2 aromatic carbocycles. The molecule has 0 unspecified atom stereocenters. The lowest BCUT2D eigenvalue weighted by Crippen LogP contribution is -2.08. The Bertz CT molecular complexity index is 1080. The predicted octanol–water partition coefficient (Wildman–Crippen LogP) is 6.44. The van der Waals surface area contributed by atoms with Crippen LogP contribution in [0.1, 0.15) is 76.7 Å². The van der Waals surface area contributed by atoms with Crippen LogP contribution in [-0.4, -0.2) is 25.9 Å². The third kappa shape index (κ3) is 9.44. The summed E-state index contributed by atoms with van der Waals surface area (Å²) in [5, 5.41) is 0. The maximum atomic E-state index is 12.0. The Hall–Kier alpha value is -1.94. The first-order valence-electron chi connectivity index (χ1n) is 11.5. The van der Waals surface area contributed by atoms with Gasteiger partial charge in [0.2, 0.25) is 0 Å². The molecule has 2 aromatic rings. The van der Waals surface area contributed by atoms with Crippen LogP contribution >= 0.6 is 0 Å². The first-order chi connectivity index (χ1) is 15.6. The fourth-order valence-corrected chi connectivity index (χ4v) is 5.00. The van der Waals surface area contributed by atoms with Crippen molar-refractivity contribution in [3.63, 3.8) is 0 Å². The fraction of sp³-hybridized carbons (Fsp3) is 0.500. The number of hydrogen-bond donors (Lipinski definition) is 2. The van der Waals surface area contributed by atoms with Gasteiger partial charge in [-0.2, -0.15) is 16.8 Å². The van der Waals surface area contributed by atoms with E-state index in [1.807, 2.05) is 0 Å². The van der Waals surface area contributed by atoms with Gasteiger partial charge < -0.3 is 4.74 Å². The van der Waals surface area contributed by atoms with Crippen LogP contribution in [0.5, 0.6) is 11.5 Å². The van der Waals surface area contributed by atoms with E-state index in [0.717, 1.165) is 19.3 Å². The lowest BCUT2D eigenvalue weighted by molar-refractivity contribution is 0.442. The molecular formula is C24H34O7S2. The van der Waals surface area contributed by atoms with Crippen molar-refractivity contribution in [2.24, 2.45) is 0 Å². The van der Waals surface area contributed by atoms with E-state index in [4.69, 9.17) is 4.74 Å². The lowest BCUT2D eigenvalue weighted by Gasteiger charge is -2.16. The minimum absolute atomic E-state index is 0.132. The molecule has 9 heteroatoms. The van der Waals surface area contributed by atoms with Crippen LogP contribution in [0.2, 0.25) is 0 Å². The third-order valence-corrected chi connectivity index (χ3v) is 7.13. The van der Waals surface area contributed by atoms with Crippen molar-refractivity contribution in [2.45, 2.75) is 87.3 Å². The van der Waals surface area contributed by atoms with Gasteiger partial charge in [0.1, 0.15) is 10.6 Å². The SMILES string of the molecule is CCCCCCCCCCCCc1cc(S(=O)(=O)O)cc(S(=O)(=O)O)c1Oc1ccccc1. The van der Waals surface area contributed by atoms with Crippen molar-refractivity contribution in [3.05, 3.63) is 48.0 Å². The highest BCUT2D eigenvalue weighted by Gasteiger charge is 2.25. The normalized spacial score (nSPS) is 12.1. The van der Waals surface area contributed by atoms with Crippen LogP contribution in [0.3, 0.4) is 0 Å². The minimum Gasteiger partial charge on any atom is -0.456 e. The van der Waals surface area contributed by atoms with E-state index in [1.165, 1.54) is 44.6 Å². The monoisotopic (exact) mass is 498 g/mol. The zero-order valence-corrected chi connectivity index (χ0v) is 20.7. The maximum absolute atomic E-state index is 12.0. The van der Waals surface area contributed by atoms with Crippen molar-refractivity contribution in [2.75, 3.05) is 0 Å². The van der Waals surface area contributed by atoms with Gasteiger partial charge in [0.05, 0.1) is 4.90 Å². The molecule has 0 aliphatic carbocycles. The lowest BCUT2D eigenvalue weighted by atomic mass is 10.0. The number of ether oxygens (including phenoxy) is 1. The van der Waals surface area contributed by atoms with Crippen molar-refractivity contribution in [1.82, 2.24) is 0 Å². The predicted molar refractivity (Wildman–Crippen MR) is 128 cm³/mol. The second-order valence-corrected chi connectivity index (χ2v) is 11.0. The first-order valence-corrected chi connectivity index (χ1v) is 14.4. The average molecular weight is 499 g/mol. The number of unbranched alkanes of at least 4 members (excludes halogenated alkanes) is 9. The summed E-state index contributed by atoms with van der Waals surface area (Å²) in [6.07, 6.45) is 11.5. The molecule has 0 spiro atoms. The quantitative estimate of drug-likeness (QED) is 0.214. The molecule has 0 fully saturated rings. The molecule has 0 atom stereocenters. The van der Waals surface area contributed by atoms with Crippen LogP contribution < -0.4 is 4.74 Å². The highest BCUT2D eigenvalue weighted by atomic mass is 32.2. The van der Waals surface area contributed by atoms with Gasteiger partial charge in [0.25, 0.3) is 20.2 Å². The third-order valence-electron chi connectivity index (χ3n) is 5.44. The Labute approximate surface area is 197 Å². The van der Waals surface area contributed by atoms with Crippen LogP contribution in [0.15, 0.2) is 52.3 Å². The molecule has 0 aliphatic heterocycles. The zero-order valence-electron chi connectivity index (χ0n) is 19.1. The number of aryl methyl sites for hydroxylation is 1. The Morgan fingerprint density at radius 3 is 1.79 bits per heavy atom. The fourth-order valence-electron chi connectivity index (χ4n) is 3.68. The van der Waals surface area contributed by atoms with Gasteiger partial charge in [-0.05, 0) is 42.7 Å².